The van der Waals surface area contributed by atoms with E-state index in [9.17, 15) is 9.59 Å². The van der Waals surface area contributed by atoms with Crippen LogP contribution >= 0.6 is 0 Å². The highest BCUT2D eigenvalue weighted by Gasteiger charge is 2.33. The van der Waals surface area contributed by atoms with Crippen molar-refractivity contribution in [2.45, 2.75) is 25.7 Å². The second-order valence-electron chi connectivity index (χ2n) is 7.09. The molecular formula is C22H27NO7. The number of carbonyl (C=O) groups is 2. The van der Waals surface area contributed by atoms with Gasteiger partial charge in [0.05, 0.1) is 27.9 Å². The van der Waals surface area contributed by atoms with Gasteiger partial charge in [0.15, 0.2) is 17.3 Å². The van der Waals surface area contributed by atoms with Gasteiger partial charge in [-0.05, 0) is 42.5 Å². The number of ketones is 1. The predicted molar refractivity (Wildman–Crippen MR) is 109 cm³/mol. The fourth-order valence-corrected chi connectivity index (χ4v) is 3.90. The molecule has 162 valence electrons. The van der Waals surface area contributed by atoms with Gasteiger partial charge in [0.2, 0.25) is 5.75 Å². The normalized spacial score (nSPS) is 15.5. The van der Waals surface area contributed by atoms with Crippen molar-refractivity contribution in [1.29, 1.82) is 0 Å². The second kappa shape index (κ2) is 9.21. The Labute approximate surface area is 175 Å². The molecule has 0 saturated carbocycles. The molecule has 0 bridgehead atoms. The zero-order chi connectivity index (χ0) is 21.8. The number of nitrogens with one attached hydrogen (secondary N) is 1. The molecule has 0 radical (unpaired) electrons. The van der Waals surface area contributed by atoms with Crippen LogP contribution in [0.4, 0.5) is 0 Å². The smallest absolute Gasteiger partial charge is 0.355 e. The van der Waals surface area contributed by atoms with Gasteiger partial charge in [0.25, 0.3) is 0 Å². The first-order valence-electron chi connectivity index (χ1n) is 9.65. The molecule has 1 N–H and O–H groups in total. The molecule has 1 atom stereocenters. The van der Waals surface area contributed by atoms with Gasteiger partial charge in [0.1, 0.15) is 12.3 Å². The van der Waals surface area contributed by atoms with E-state index in [1.54, 1.807) is 28.3 Å². The van der Waals surface area contributed by atoms with Crippen molar-refractivity contribution in [2.24, 2.45) is 0 Å². The molecule has 2 aromatic rings. The number of methoxy groups -OCH3 is 4. The molecule has 1 aromatic carbocycles. The molecule has 1 aliphatic rings. The number of aromatic amines is 1. The predicted octanol–water partition coefficient (Wildman–Crippen LogP) is 3.06. The third-order valence-corrected chi connectivity index (χ3v) is 5.37. The number of H-pyrrole nitrogens is 1. The van der Waals surface area contributed by atoms with Gasteiger partial charge in [0, 0.05) is 24.8 Å². The summed E-state index contributed by atoms with van der Waals surface area (Å²) in [5.41, 5.74) is 3.16. The van der Waals surface area contributed by atoms with E-state index in [0.717, 1.165) is 11.3 Å². The van der Waals surface area contributed by atoms with Crippen LogP contribution in [0.2, 0.25) is 0 Å². The van der Waals surface area contributed by atoms with Gasteiger partial charge >= 0.3 is 5.97 Å². The fourth-order valence-electron chi connectivity index (χ4n) is 3.90. The van der Waals surface area contributed by atoms with Gasteiger partial charge in [-0.1, -0.05) is 0 Å². The van der Waals surface area contributed by atoms with Gasteiger partial charge in [-0.2, -0.15) is 0 Å². The summed E-state index contributed by atoms with van der Waals surface area (Å²) in [6.07, 6.45) is 0.897. The Hall–Kier alpha value is -3.00. The standard InChI is InChI=1S/C22H27NO7/c1-12-19-15(23-20(12)22(25)30-7-6-26-2)8-13(9-16(19)24)14-10-17(27-3)21(29-5)18(11-14)28-4/h10-11,13,23H,6-9H2,1-5H3/t13-/m0/s1. The maximum Gasteiger partial charge on any atom is 0.355 e. The molecule has 8 nitrogen and oxygen atoms in total. The fraction of sp³-hybridized carbons (Fsp3) is 0.455. The van der Waals surface area contributed by atoms with Gasteiger partial charge in [-0.25, -0.2) is 4.79 Å². The van der Waals surface area contributed by atoms with Crippen LogP contribution in [-0.4, -0.2) is 58.4 Å². The Morgan fingerprint density at radius 3 is 2.27 bits per heavy atom. The van der Waals surface area contributed by atoms with Gasteiger partial charge < -0.3 is 28.7 Å². The van der Waals surface area contributed by atoms with Crippen LogP contribution in [0.15, 0.2) is 12.1 Å². The number of benzene rings is 1. The molecule has 0 aliphatic heterocycles. The van der Waals surface area contributed by atoms with E-state index in [2.05, 4.69) is 4.98 Å². The highest BCUT2D eigenvalue weighted by atomic mass is 16.6. The Bertz CT molecular complexity index is 922. The lowest BCUT2D eigenvalue weighted by atomic mass is 9.81. The minimum atomic E-state index is -0.490. The van der Waals surface area contributed by atoms with E-state index in [-0.39, 0.29) is 18.3 Å². The summed E-state index contributed by atoms with van der Waals surface area (Å²) >= 11 is 0. The average molecular weight is 417 g/mol. The van der Waals surface area contributed by atoms with Crippen LogP contribution in [0.3, 0.4) is 0 Å². The van der Waals surface area contributed by atoms with E-state index in [1.807, 2.05) is 12.1 Å². The molecular weight excluding hydrogens is 390 g/mol. The first-order valence-corrected chi connectivity index (χ1v) is 9.65. The number of esters is 1. The Kier molecular flexibility index (Phi) is 6.66. The van der Waals surface area contributed by atoms with Crippen LogP contribution in [-0.2, 0) is 15.9 Å². The van der Waals surface area contributed by atoms with Crippen molar-refractivity contribution < 1.29 is 33.3 Å². The Morgan fingerprint density at radius 2 is 1.70 bits per heavy atom. The van der Waals surface area contributed by atoms with E-state index in [0.29, 0.717) is 53.5 Å². The summed E-state index contributed by atoms with van der Waals surface area (Å²) in [6, 6.07) is 3.72. The Morgan fingerprint density at radius 1 is 1.03 bits per heavy atom. The SMILES string of the molecule is COCCOC(=O)c1[nH]c2c(c1C)C(=O)C[C@@H](c1cc(OC)c(OC)c(OC)c1)C2. The summed E-state index contributed by atoms with van der Waals surface area (Å²) in [6.45, 7) is 2.23. The summed E-state index contributed by atoms with van der Waals surface area (Å²) in [5, 5.41) is 0. The summed E-state index contributed by atoms with van der Waals surface area (Å²) in [7, 11) is 6.20. The number of fused-ring (bicyclic) bond motifs is 1. The van der Waals surface area contributed by atoms with Crippen LogP contribution in [0.5, 0.6) is 17.2 Å². The summed E-state index contributed by atoms with van der Waals surface area (Å²) in [5.74, 6) is 0.985. The molecule has 30 heavy (non-hydrogen) atoms. The summed E-state index contributed by atoms with van der Waals surface area (Å²) in [4.78, 5) is 28.4. The van der Waals surface area contributed by atoms with Crippen molar-refractivity contribution >= 4 is 11.8 Å². The van der Waals surface area contributed by atoms with Gasteiger partial charge in [-0.3, -0.25) is 4.79 Å². The molecule has 0 fully saturated rings. The molecule has 0 unspecified atom stereocenters. The van der Waals surface area contributed by atoms with Gasteiger partial charge in [-0.15, -0.1) is 0 Å². The first kappa shape index (κ1) is 21.7. The van der Waals surface area contributed by atoms with Crippen molar-refractivity contribution in [3.05, 3.63) is 40.2 Å². The van der Waals surface area contributed by atoms with Crippen molar-refractivity contribution in [2.75, 3.05) is 41.7 Å². The van der Waals surface area contributed by atoms with Crippen LogP contribution in [0.25, 0.3) is 0 Å². The first-order chi connectivity index (χ1) is 14.4. The number of ether oxygens (including phenoxy) is 5. The molecule has 3 rings (SSSR count). The van der Waals surface area contributed by atoms with E-state index in [1.165, 1.54) is 7.11 Å². The van der Waals surface area contributed by atoms with E-state index >= 15 is 0 Å². The molecule has 0 amide bonds. The average Bonchev–Trinajstić information content (AvgIpc) is 3.09. The second-order valence-corrected chi connectivity index (χ2v) is 7.09. The minimum absolute atomic E-state index is 0.0142. The lowest BCUT2D eigenvalue weighted by Crippen LogP contribution is -2.19. The van der Waals surface area contributed by atoms with Crippen LogP contribution in [0.1, 0.15) is 50.0 Å². The lowest BCUT2D eigenvalue weighted by Gasteiger charge is -2.24. The van der Waals surface area contributed by atoms with E-state index < -0.39 is 5.97 Å². The number of hydrogen-bond acceptors (Lipinski definition) is 7. The molecule has 0 spiro atoms. The van der Waals surface area contributed by atoms with Crippen molar-refractivity contribution in [1.82, 2.24) is 4.98 Å². The monoisotopic (exact) mass is 417 g/mol. The highest BCUT2D eigenvalue weighted by Crippen LogP contribution is 2.43. The maximum atomic E-state index is 12.9. The molecule has 8 heteroatoms. The lowest BCUT2D eigenvalue weighted by molar-refractivity contribution is 0.0381. The maximum absolute atomic E-state index is 12.9. The largest absolute Gasteiger partial charge is 0.493 e. The number of rotatable bonds is 8. The third kappa shape index (κ3) is 4.00. The van der Waals surface area contributed by atoms with Crippen LogP contribution in [0, 0.1) is 6.92 Å². The number of hydrogen-bond donors (Lipinski definition) is 1. The minimum Gasteiger partial charge on any atom is -0.493 e. The van der Waals surface area contributed by atoms with Crippen LogP contribution < -0.4 is 14.2 Å². The Balaban J connectivity index is 1.92. The summed E-state index contributed by atoms with van der Waals surface area (Å²) < 4.78 is 26.4. The number of Topliss-reactive ketones (excluding diaryl/α,β-unsaturated/α-hetero) is 1. The zero-order valence-corrected chi connectivity index (χ0v) is 17.9. The molecule has 0 saturated heterocycles. The molecule has 1 aliphatic carbocycles. The van der Waals surface area contributed by atoms with Crippen molar-refractivity contribution in [3.63, 3.8) is 0 Å². The zero-order valence-electron chi connectivity index (χ0n) is 17.9. The number of carbonyl (C=O) groups excluding carboxylic acids is 2. The molecule has 1 aromatic heterocycles. The number of aromatic nitrogens is 1. The van der Waals surface area contributed by atoms with Crippen molar-refractivity contribution in [3.8, 4) is 17.2 Å². The van der Waals surface area contributed by atoms with E-state index in [4.69, 9.17) is 23.7 Å². The highest BCUT2D eigenvalue weighted by molar-refractivity contribution is 6.03. The molecule has 1 heterocycles. The third-order valence-electron chi connectivity index (χ3n) is 5.37. The topological polar surface area (TPSA) is 96.1 Å². The quantitative estimate of drug-likeness (QED) is 0.521.